The van der Waals surface area contributed by atoms with E-state index in [9.17, 15) is 4.79 Å². The molecular formula is C20H15ClN4O3S. The first-order chi connectivity index (χ1) is 14.1. The molecule has 1 aliphatic rings. The summed E-state index contributed by atoms with van der Waals surface area (Å²) in [5, 5.41) is 12.6. The van der Waals surface area contributed by atoms with Crippen LogP contribution in [0.15, 0.2) is 58.9 Å². The van der Waals surface area contributed by atoms with Gasteiger partial charge in [-0.25, -0.2) is 0 Å². The summed E-state index contributed by atoms with van der Waals surface area (Å²) in [4.78, 5) is 15.5. The van der Waals surface area contributed by atoms with E-state index in [1.54, 1.807) is 49.9 Å². The van der Waals surface area contributed by atoms with Gasteiger partial charge in [-0.15, -0.1) is 5.10 Å². The fourth-order valence-corrected chi connectivity index (χ4v) is 3.48. The highest BCUT2D eigenvalue weighted by atomic mass is 35.5. The number of nitrogens with zero attached hydrogens (tertiary/aromatic N) is 3. The number of amides is 1. The third-order valence-electron chi connectivity index (χ3n) is 4.01. The number of amidine groups is 1. The highest BCUT2D eigenvalue weighted by Gasteiger charge is 2.16. The molecule has 1 saturated heterocycles. The number of halogens is 1. The van der Waals surface area contributed by atoms with Crippen molar-refractivity contribution in [2.75, 3.05) is 12.9 Å². The molecule has 1 aliphatic heterocycles. The molecule has 0 spiro atoms. The molecule has 0 saturated carbocycles. The van der Waals surface area contributed by atoms with Gasteiger partial charge in [-0.1, -0.05) is 23.4 Å². The number of aromatic nitrogens is 1. The summed E-state index contributed by atoms with van der Waals surface area (Å²) in [7, 11) is 1.57. The number of carbonyl (C=O) groups is 1. The third kappa shape index (κ3) is 4.49. The second kappa shape index (κ2) is 8.50. The number of rotatable bonds is 5. The molecule has 1 N–H and O–H groups in total. The van der Waals surface area contributed by atoms with E-state index in [0.29, 0.717) is 33.2 Å². The van der Waals surface area contributed by atoms with Gasteiger partial charge in [-0.3, -0.25) is 9.78 Å². The summed E-state index contributed by atoms with van der Waals surface area (Å²) in [6, 6.07) is 12.7. The van der Waals surface area contributed by atoms with Crippen LogP contribution in [0.25, 0.3) is 10.9 Å². The van der Waals surface area contributed by atoms with Gasteiger partial charge in [-0.05, 0) is 48.0 Å². The third-order valence-corrected chi connectivity index (χ3v) is 5.11. The molecule has 1 fully saturated rings. The fraction of sp³-hybridized carbons (Fsp3) is 0.100. The molecule has 29 heavy (non-hydrogen) atoms. The number of ether oxygens (including phenoxy) is 2. The Hall–Kier alpha value is -3.10. The maximum absolute atomic E-state index is 11.2. The van der Waals surface area contributed by atoms with E-state index in [-0.39, 0.29) is 5.91 Å². The Morgan fingerprint density at radius 1 is 1.17 bits per heavy atom. The Morgan fingerprint density at radius 3 is 2.86 bits per heavy atom. The fourth-order valence-electron chi connectivity index (χ4n) is 2.68. The zero-order chi connectivity index (χ0) is 20.2. The molecule has 2 heterocycles. The molecule has 3 aromatic rings. The molecule has 4 rings (SSSR count). The van der Waals surface area contributed by atoms with E-state index in [1.165, 1.54) is 11.8 Å². The Bertz CT molecular complexity index is 1150. The second-order valence-electron chi connectivity index (χ2n) is 5.97. The van der Waals surface area contributed by atoms with Crippen molar-refractivity contribution >= 4 is 51.6 Å². The van der Waals surface area contributed by atoms with E-state index in [2.05, 4.69) is 20.5 Å². The largest absolute Gasteiger partial charge is 0.493 e. The molecular weight excluding hydrogens is 412 g/mol. The highest BCUT2D eigenvalue weighted by molar-refractivity contribution is 8.15. The molecule has 0 atom stereocenters. The van der Waals surface area contributed by atoms with Crippen molar-refractivity contribution in [3.8, 4) is 17.2 Å². The van der Waals surface area contributed by atoms with Crippen LogP contribution in [-0.4, -0.2) is 35.1 Å². The summed E-state index contributed by atoms with van der Waals surface area (Å²) in [6.07, 6.45) is 3.24. The minimum atomic E-state index is -0.0713. The lowest BCUT2D eigenvalue weighted by Crippen LogP contribution is -2.19. The van der Waals surface area contributed by atoms with Gasteiger partial charge < -0.3 is 14.8 Å². The van der Waals surface area contributed by atoms with E-state index in [4.69, 9.17) is 21.1 Å². The SMILES string of the molecule is COc1cc(/C=N/N=C2/NC(=O)CS2)ccc1Oc1ccnc2cc(Cl)ccc12. The smallest absolute Gasteiger partial charge is 0.236 e. The zero-order valence-electron chi connectivity index (χ0n) is 15.3. The van der Waals surface area contributed by atoms with E-state index < -0.39 is 0 Å². The lowest BCUT2D eigenvalue weighted by Gasteiger charge is -2.12. The van der Waals surface area contributed by atoms with Crippen molar-refractivity contribution in [3.63, 3.8) is 0 Å². The Labute approximate surface area is 175 Å². The van der Waals surface area contributed by atoms with Crippen molar-refractivity contribution in [3.05, 3.63) is 59.2 Å². The Balaban J connectivity index is 1.57. The van der Waals surface area contributed by atoms with Gasteiger partial charge in [0.15, 0.2) is 16.7 Å². The Morgan fingerprint density at radius 2 is 2.07 bits per heavy atom. The van der Waals surface area contributed by atoms with Gasteiger partial charge in [0.1, 0.15) is 5.75 Å². The maximum Gasteiger partial charge on any atom is 0.236 e. The van der Waals surface area contributed by atoms with Gasteiger partial charge >= 0.3 is 0 Å². The van der Waals surface area contributed by atoms with Crippen LogP contribution < -0.4 is 14.8 Å². The van der Waals surface area contributed by atoms with Crippen LogP contribution in [0.2, 0.25) is 5.02 Å². The van der Waals surface area contributed by atoms with Crippen LogP contribution >= 0.6 is 23.4 Å². The monoisotopic (exact) mass is 426 g/mol. The molecule has 2 aromatic carbocycles. The number of carbonyl (C=O) groups excluding carboxylic acids is 1. The van der Waals surface area contributed by atoms with Gasteiger partial charge in [0.2, 0.25) is 5.91 Å². The summed E-state index contributed by atoms with van der Waals surface area (Å²) < 4.78 is 11.5. The van der Waals surface area contributed by atoms with Gasteiger partial charge in [0.05, 0.1) is 24.6 Å². The molecule has 0 radical (unpaired) electrons. The summed E-state index contributed by atoms with van der Waals surface area (Å²) in [5.74, 6) is 2.04. The minimum Gasteiger partial charge on any atom is -0.493 e. The topological polar surface area (TPSA) is 85.2 Å². The second-order valence-corrected chi connectivity index (χ2v) is 7.37. The number of methoxy groups -OCH3 is 1. The zero-order valence-corrected chi connectivity index (χ0v) is 16.8. The lowest BCUT2D eigenvalue weighted by molar-refractivity contribution is -0.116. The van der Waals surface area contributed by atoms with Crippen LogP contribution in [-0.2, 0) is 4.79 Å². The molecule has 0 unspecified atom stereocenters. The quantitative estimate of drug-likeness (QED) is 0.487. The van der Waals surface area contributed by atoms with Crippen molar-refractivity contribution in [2.45, 2.75) is 0 Å². The molecule has 0 aliphatic carbocycles. The Kier molecular flexibility index (Phi) is 5.64. The number of hydrogen-bond acceptors (Lipinski definition) is 7. The highest BCUT2D eigenvalue weighted by Crippen LogP contribution is 2.35. The van der Waals surface area contributed by atoms with Gasteiger partial charge in [0.25, 0.3) is 0 Å². The van der Waals surface area contributed by atoms with Crippen LogP contribution in [0.4, 0.5) is 0 Å². The van der Waals surface area contributed by atoms with Gasteiger partial charge in [-0.2, -0.15) is 5.10 Å². The number of hydrogen-bond donors (Lipinski definition) is 1. The van der Waals surface area contributed by atoms with E-state index in [0.717, 1.165) is 16.5 Å². The number of thioether (sulfide) groups is 1. The van der Waals surface area contributed by atoms with Crippen molar-refractivity contribution in [1.29, 1.82) is 0 Å². The van der Waals surface area contributed by atoms with Crippen molar-refractivity contribution < 1.29 is 14.3 Å². The molecule has 1 amide bonds. The normalized spacial score (nSPS) is 15.2. The molecule has 0 bridgehead atoms. The first-order valence-corrected chi connectivity index (χ1v) is 9.92. The first kappa shape index (κ1) is 19.2. The average Bonchev–Trinajstić information content (AvgIpc) is 3.14. The number of fused-ring (bicyclic) bond motifs is 1. The summed E-state index contributed by atoms with van der Waals surface area (Å²) in [6.45, 7) is 0. The predicted octanol–water partition coefficient (Wildman–Crippen LogP) is 4.24. The maximum atomic E-state index is 11.2. The van der Waals surface area contributed by atoms with Gasteiger partial charge in [0, 0.05) is 16.6 Å². The summed E-state index contributed by atoms with van der Waals surface area (Å²) >= 11 is 7.36. The molecule has 1 aromatic heterocycles. The van der Waals surface area contributed by atoms with Crippen LogP contribution in [0.1, 0.15) is 5.56 Å². The standard InChI is InChI=1S/C20H15ClN4O3S/c1-27-18-8-12(10-23-25-20-24-19(26)11-29-20)2-5-17(18)28-16-6-7-22-15-9-13(21)3-4-14(15)16/h2-10H,11H2,1H3,(H,24,25,26)/b23-10+. The number of nitrogens with one attached hydrogen (secondary N) is 1. The summed E-state index contributed by atoms with van der Waals surface area (Å²) in [5.41, 5.74) is 1.52. The van der Waals surface area contributed by atoms with Crippen LogP contribution in [0.5, 0.6) is 17.2 Å². The average molecular weight is 427 g/mol. The van der Waals surface area contributed by atoms with E-state index >= 15 is 0 Å². The van der Waals surface area contributed by atoms with Crippen molar-refractivity contribution in [1.82, 2.24) is 10.3 Å². The van der Waals surface area contributed by atoms with Crippen molar-refractivity contribution in [2.24, 2.45) is 10.2 Å². The van der Waals surface area contributed by atoms with Crippen LogP contribution in [0.3, 0.4) is 0 Å². The molecule has 7 nitrogen and oxygen atoms in total. The van der Waals surface area contributed by atoms with Crippen LogP contribution in [0, 0.1) is 0 Å². The number of benzene rings is 2. The van der Waals surface area contributed by atoms with E-state index in [1.807, 2.05) is 12.1 Å². The first-order valence-electron chi connectivity index (χ1n) is 8.56. The number of pyridine rings is 1. The molecule has 146 valence electrons. The lowest BCUT2D eigenvalue weighted by atomic mass is 10.2. The predicted molar refractivity (Wildman–Crippen MR) is 115 cm³/mol. The minimum absolute atomic E-state index is 0.0713. The molecule has 9 heteroatoms.